The van der Waals surface area contributed by atoms with Crippen LogP contribution in [0.3, 0.4) is 0 Å². The predicted molar refractivity (Wildman–Crippen MR) is 84.6 cm³/mol. The number of hydrogen-bond donors (Lipinski definition) is 2. The van der Waals surface area contributed by atoms with Gasteiger partial charge in [0.25, 0.3) is 0 Å². The van der Waals surface area contributed by atoms with E-state index in [1.807, 2.05) is 4.90 Å². The van der Waals surface area contributed by atoms with Crippen molar-refractivity contribution in [2.24, 2.45) is 17.6 Å². The van der Waals surface area contributed by atoms with Gasteiger partial charge in [-0.2, -0.15) is 0 Å². The monoisotopic (exact) mass is 297 g/mol. The summed E-state index contributed by atoms with van der Waals surface area (Å²) in [5, 5.41) is 3.02. The zero-order chi connectivity index (χ0) is 16.0. The van der Waals surface area contributed by atoms with Gasteiger partial charge in [-0.15, -0.1) is 0 Å². The Morgan fingerprint density at radius 1 is 1.14 bits per heavy atom. The van der Waals surface area contributed by atoms with E-state index in [0.717, 1.165) is 25.9 Å². The number of nitrogens with two attached hydrogens (primary N) is 1. The topological polar surface area (TPSA) is 75.4 Å². The van der Waals surface area contributed by atoms with E-state index in [1.54, 1.807) is 0 Å². The Morgan fingerprint density at radius 3 is 2.19 bits per heavy atom. The Kier molecular flexibility index (Phi) is 7.15. The summed E-state index contributed by atoms with van der Waals surface area (Å²) in [7, 11) is 0. The van der Waals surface area contributed by atoms with E-state index in [0.29, 0.717) is 24.7 Å². The molecule has 1 rings (SSSR count). The second kappa shape index (κ2) is 8.37. The number of piperidine rings is 1. The minimum atomic E-state index is -0.425. The summed E-state index contributed by atoms with van der Waals surface area (Å²) < 4.78 is 0. The Morgan fingerprint density at radius 2 is 1.71 bits per heavy atom. The summed E-state index contributed by atoms with van der Waals surface area (Å²) in [4.78, 5) is 25.9. The molecule has 1 fully saturated rings. The van der Waals surface area contributed by atoms with Gasteiger partial charge < -0.3 is 16.0 Å². The molecular formula is C16H31N3O2. The van der Waals surface area contributed by atoms with E-state index >= 15 is 0 Å². The molecule has 0 aromatic rings. The molecule has 5 nitrogen and oxygen atoms in total. The second-order valence-corrected chi connectivity index (χ2v) is 7.00. The molecule has 3 N–H and O–H groups in total. The highest BCUT2D eigenvalue weighted by Gasteiger charge is 2.25. The standard InChI is InChI=1S/C16H31N3O2/c1-11(2)9-14(17)16(21)18-13-5-7-19(8-6-13)15(20)10-12(3)4/h11-14H,5-10,17H2,1-4H3,(H,18,21)/t14-/m0/s1. The van der Waals surface area contributed by atoms with Gasteiger partial charge in [-0.05, 0) is 31.1 Å². The van der Waals surface area contributed by atoms with Crippen molar-refractivity contribution >= 4 is 11.8 Å². The van der Waals surface area contributed by atoms with Gasteiger partial charge in [0.15, 0.2) is 0 Å². The van der Waals surface area contributed by atoms with Crippen LogP contribution in [0.5, 0.6) is 0 Å². The third-order valence-electron chi connectivity index (χ3n) is 3.84. The van der Waals surface area contributed by atoms with Gasteiger partial charge in [0.1, 0.15) is 0 Å². The highest BCUT2D eigenvalue weighted by molar-refractivity contribution is 5.81. The van der Waals surface area contributed by atoms with Crippen molar-refractivity contribution in [3.8, 4) is 0 Å². The first-order valence-corrected chi connectivity index (χ1v) is 8.13. The van der Waals surface area contributed by atoms with E-state index in [4.69, 9.17) is 5.73 Å². The lowest BCUT2D eigenvalue weighted by Crippen LogP contribution is -2.50. The van der Waals surface area contributed by atoms with Crippen molar-refractivity contribution in [1.82, 2.24) is 10.2 Å². The third-order valence-corrected chi connectivity index (χ3v) is 3.84. The molecule has 2 amide bonds. The van der Waals surface area contributed by atoms with Crippen molar-refractivity contribution in [2.75, 3.05) is 13.1 Å². The van der Waals surface area contributed by atoms with Crippen LogP contribution in [0.2, 0.25) is 0 Å². The van der Waals surface area contributed by atoms with Crippen LogP contribution in [0, 0.1) is 11.8 Å². The fourth-order valence-electron chi connectivity index (χ4n) is 2.67. The maximum atomic E-state index is 12.0. The summed E-state index contributed by atoms with van der Waals surface area (Å²) in [6.07, 6.45) is 2.96. The first-order valence-electron chi connectivity index (χ1n) is 8.13. The van der Waals surface area contributed by atoms with Crippen molar-refractivity contribution in [3.63, 3.8) is 0 Å². The molecule has 1 atom stereocenters. The lowest BCUT2D eigenvalue weighted by molar-refractivity contribution is -0.133. The molecule has 1 saturated heterocycles. The predicted octanol–water partition coefficient (Wildman–Crippen LogP) is 1.51. The highest BCUT2D eigenvalue weighted by Crippen LogP contribution is 2.14. The van der Waals surface area contributed by atoms with Gasteiger partial charge in [0, 0.05) is 25.6 Å². The lowest BCUT2D eigenvalue weighted by Gasteiger charge is -2.33. The molecule has 0 aromatic heterocycles. The summed E-state index contributed by atoms with van der Waals surface area (Å²) in [5.74, 6) is 0.979. The molecule has 21 heavy (non-hydrogen) atoms. The van der Waals surface area contributed by atoms with Crippen LogP contribution in [0.15, 0.2) is 0 Å². The average molecular weight is 297 g/mol. The molecule has 0 spiro atoms. The van der Waals surface area contributed by atoms with E-state index < -0.39 is 6.04 Å². The Bertz CT molecular complexity index is 347. The molecule has 0 aliphatic carbocycles. The average Bonchev–Trinajstić information content (AvgIpc) is 2.37. The van der Waals surface area contributed by atoms with Crippen LogP contribution >= 0.6 is 0 Å². The van der Waals surface area contributed by atoms with Gasteiger partial charge in [-0.1, -0.05) is 27.7 Å². The number of amides is 2. The summed E-state index contributed by atoms with van der Waals surface area (Å²) in [5.41, 5.74) is 5.89. The van der Waals surface area contributed by atoms with Crippen molar-refractivity contribution in [2.45, 2.75) is 65.5 Å². The summed E-state index contributed by atoms with van der Waals surface area (Å²) >= 11 is 0. The molecule has 0 unspecified atom stereocenters. The minimum absolute atomic E-state index is 0.0596. The number of nitrogens with one attached hydrogen (secondary N) is 1. The molecule has 0 saturated carbocycles. The zero-order valence-electron chi connectivity index (χ0n) is 13.9. The van der Waals surface area contributed by atoms with Crippen LogP contribution < -0.4 is 11.1 Å². The van der Waals surface area contributed by atoms with E-state index in [9.17, 15) is 9.59 Å². The van der Waals surface area contributed by atoms with Gasteiger partial charge in [0.05, 0.1) is 6.04 Å². The van der Waals surface area contributed by atoms with Crippen molar-refractivity contribution in [3.05, 3.63) is 0 Å². The first-order chi connectivity index (χ1) is 9.79. The minimum Gasteiger partial charge on any atom is -0.352 e. The van der Waals surface area contributed by atoms with E-state index in [2.05, 4.69) is 33.0 Å². The lowest BCUT2D eigenvalue weighted by atomic mass is 10.0. The van der Waals surface area contributed by atoms with E-state index in [1.165, 1.54) is 0 Å². The Hall–Kier alpha value is -1.10. The van der Waals surface area contributed by atoms with Crippen LogP contribution in [-0.2, 0) is 9.59 Å². The van der Waals surface area contributed by atoms with Crippen LogP contribution in [0.4, 0.5) is 0 Å². The first kappa shape index (κ1) is 18.0. The largest absolute Gasteiger partial charge is 0.352 e. The molecule has 0 radical (unpaired) electrons. The zero-order valence-corrected chi connectivity index (χ0v) is 13.9. The molecule has 5 heteroatoms. The van der Waals surface area contributed by atoms with Crippen LogP contribution in [-0.4, -0.2) is 41.9 Å². The molecule has 1 aliphatic heterocycles. The number of rotatable bonds is 6. The molecule has 0 aromatic carbocycles. The van der Waals surface area contributed by atoms with Crippen molar-refractivity contribution in [1.29, 1.82) is 0 Å². The number of nitrogens with zero attached hydrogens (tertiary/aromatic N) is 1. The molecule has 1 aliphatic rings. The normalized spacial score (nSPS) is 18.1. The fraction of sp³-hybridized carbons (Fsp3) is 0.875. The smallest absolute Gasteiger partial charge is 0.237 e. The number of likely N-dealkylation sites (tertiary alicyclic amines) is 1. The Balaban J connectivity index is 2.33. The van der Waals surface area contributed by atoms with Gasteiger partial charge >= 0.3 is 0 Å². The molecule has 0 bridgehead atoms. The van der Waals surface area contributed by atoms with Gasteiger partial charge in [-0.25, -0.2) is 0 Å². The fourth-order valence-corrected chi connectivity index (χ4v) is 2.67. The quantitative estimate of drug-likeness (QED) is 0.780. The van der Waals surface area contributed by atoms with Crippen LogP contribution in [0.25, 0.3) is 0 Å². The van der Waals surface area contributed by atoms with Gasteiger partial charge in [-0.3, -0.25) is 9.59 Å². The molecule has 122 valence electrons. The number of carbonyl (C=O) groups is 2. The van der Waals surface area contributed by atoms with Gasteiger partial charge in [0.2, 0.25) is 11.8 Å². The SMILES string of the molecule is CC(C)CC(=O)N1CCC(NC(=O)[C@@H](N)CC(C)C)CC1. The summed E-state index contributed by atoms with van der Waals surface area (Å²) in [6, 6.07) is -0.274. The van der Waals surface area contributed by atoms with E-state index in [-0.39, 0.29) is 17.9 Å². The number of hydrogen-bond acceptors (Lipinski definition) is 3. The van der Waals surface area contributed by atoms with Crippen molar-refractivity contribution < 1.29 is 9.59 Å². The molecule has 1 heterocycles. The Labute approximate surface area is 128 Å². The number of carbonyl (C=O) groups excluding carboxylic acids is 2. The maximum Gasteiger partial charge on any atom is 0.237 e. The third kappa shape index (κ3) is 6.46. The molecular weight excluding hydrogens is 266 g/mol. The second-order valence-electron chi connectivity index (χ2n) is 7.00. The summed E-state index contributed by atoms with van der Waals surface area (Å²) in [6.45, 7) is 9.70. The van der Waals surface area contributed by atoms with Crippen LogP contribution in [0.1, 0.15) is 53.4 Å². The highest BCUT2D eigenvalue weighted by atomic mass is 16.2. The maximum absolute atomic E-state index is 12.0.